The smallest absolute Gasteiger partial charge is 0.270 e. The number of nitrogens with zero attached hydrogens (tertiary/aromatic N) is 4. The molecule has 1 saturated heterocycles. The van der Waals surface area contributed by atoms with Gasteiger partial charge in [0.1, 0.15) is 17.7 Å². The SMILES string of the molecule is O=C(C1CCCN1S(=O)(=O)c1ccc(F)cc1)N(F)Cc1cc(-c2cnc(C(F)(F)F)nc2)ccc1F. The highest BCUT2D eigenvalue weighted by Crippen LogP contribution is 2.30. The zero-order valence-corrected chi connectivity index (χ0v) is 19.6. The number of hydrogen-bond donors (Lipinski definition) is 0. The van der Waals surface area contributed by atoms with Crippen molar-refractivity contribution in [3.05, 3.63) is 77.9 Å². The second-order valence-corrected chi connectivity index (χ2v) is 10.1. The Labute approximate surface area is 207 Å². The van der Waals surface area contributed by atoms with Crippen molar-refractivity contribution >= 4 is 15.9 Å². The van der Waals surface area contributed by atoms with Gasteiger partial charge in [-0.15, -0.1) is 0 Å². The van der Waals surface area contributed by atoms with Gasteiger partial charge in [0.2, 0.25) is 15.8 Å². The van der Waals surface area contributed by atoms with E-state index < -0.39 is 52.2 Å². The number of halogens is 6. The molecule has 0 N–H and O–H groups in total. The summed E-state index contributed by atoms with van der Waals surface area (Å²) in [4.78, 5) is 19.0. The molecule has 1 amide bonds. The lowest BCUT2D eigenvalue weighted by molar-refractivity contribution is -0.151. The Balaban J connectivity index is 1.53. The Bertz CT molecular complexity index is 1400. The summed E-state index contributed by atoms with van der Waals surface area (Å²) in [6.45, 7) is -0.956. The summed E-state index contributed by atoms with van der Waals surface area (Å²) in [6, 6.07) is 5.85. The van der Waals surface area contributed by atoms with Crippen LogP contribution >= 0.6 is 0 Å². The van der Waals surface area contributed by atoms with Gasteiger partial charge in [-0.2, -0.15) is 22.6 Å². The number of amides is 1. The number of carbonyl (C=O) groups is 1. The number of aromatic nitrogens is 2. The molecule has 0 spiro atoms. The summed E-state index contributed by atoms with van der Waals surface area (Å²) in [5, 5.41) is -0.311. The minimum atomic E-state index is -4.75. The number of rotatable bonds is 6. The van der Waals surface area contributed by atoms with Crippen molar-refractivity contribution in [3.8, 4) is 11.1 Å². The summed E-state index contributed by atoms with van der Waals surface area (Å²) in [6.07, 6.45) is -2.71. The standard InChI is InChI=1S/C23H18F6N4O3S/c24-17-4-6-18(7-5-17)37(35,36)33-9-1-2-20(33)21(34)32(29)13-15-10-14(3-8-19(15)25)16-11-30-22(31-12-16)23(26,27)28/h3-8,10-12,20H,1-2,9,13H2. The van der Waals surface area contributed by atoms with E-state index in [2.05, 4.69) is 9.97 Å². The van der Waals surface area contributed by atoms with E-state index in [0.29, 0.717) is 0 Å². The molecule has 1 unspecified atom stereocenters. The van der Waals surface area contributed by atoms with E-state index in [4.69, 9.17) is 0 Å². The van der Waals surface area contributed by atoms with Crippen LogP contribution in [0.3, 0.4) is 0 Å². The zero-order chi connectivity index (χ0) is 27.0. The van der Waals surface area contributed by atoms with Crippen LogP contribution in [-0.2, 0) is 27.5 Å². The molecule has 2 heterocycles. The van der Waals surface area contributed by atoms with E-state index in [9.17, 15) is 39.6 Å². The second kappa shape index (κ2) is 10.1. The first-order chi connectivity index (χ1) is 17.4. The first kappa shape index (κ1) is 26.5. The van der Waals surface area contributed by atoms with E-state index in [1.165, 1.54) is 6.07 Å². The minimum Gasteiger partial charge on any atom is -0.270 e. The maximum Gasteiger partial charge on any atom is 0.451 e. The molecule has 0 aliphatic carbocycles. The van der Waals surface area contributed by atoms with Crippen molar-refractivity contribution < 1.29 is 39.6 Å². The molecule has 1 aliphatic rings. The van der Waals surface area contributed by atoms with Crippen molar-refractivity contribution in [2.24, 2.45) is 0 Å². The third-order valence-electron chi connectivity index (χ3n) is 5.74. The lowest BCUT2D eigenvalue weighted by Crippen LogP contribution is -2.45. The highest BCUT2D eigenvalue weighted by Gasteiger charge is 2.41. The van der Waals surface area contributed by atoms with Crippen LogP contribution in [0.25, 0.3) is 11.1 Å². The van der Waals surface area contributed by atoms with Crippen LogP contribution in [0, 0.1) is 11.6 Å². The van der Waals surface area contributed by atoms with Crippen molar-refractivity contribution in [3.63, 3.8) is 0 Å². The predicted molar refractivity (Wildman–Crippen MR) is 117 cm³/mol. The van der Waals surface area contributed by atoms with Crippen molar-refractivity contribution in [2.45, 2.75) is 36.5 Å². The predicted octanol–water partition coefficient (Wildman–Crippen LogP) is 4.51. The molecule has 1 aliphatic heterocycles. The first-order valence-corrected chi connectivity index (χ1v) is 12.2. The molecule has 37 heavy (non-hydrogen) atoms. The van der Waals surface area contributed by atoms with Gasteiger partial charge in [-0.1, -0.05) is 10.5 Å². The largest absolute Gasteiger partial charge is 0.451 e. The third-order valence-corrected chi connectivity index (χ3v) is 7.66. The molecule has 1 atom stereocenters. The van der Waals surface area contributed by atoms with Gasteiger partial charge in [-0.05, 0) is 54.8 Å². The van der Waals surface area contributed by atoms with Crippen molar-refractivity contribution in [1.82, 2.24) is 19.4 Å². The molecule has 14 heteroatoms. The van der Waals surface area contributed by atoms with Gasteiger partial charge in [-0.25, -0.2) is 27.2 Å². The quantitative estimate of drug-likeness (QED) is 0.337. The Morgan fingerprint density at radius 2 is 1.68 bits per heavy atom. The zero-order valence-electron chi connectivity index (χ0n) is 18.8. The number of alkyl halides is 3. The Morgan fingerprint density at radius 1 is 1.03 bits per heavy atom. The van der Waals surface area contributed by atoms with Crippen LogP contribution in [0.4, 0.5) is 26.4 Å². The molecule has 1 aromatic heterocycles. The number of sulfonamides is 1. The van der Waals surface area contributed by atoms with Gasteiger partial charge in [0.05, 0.1) is 11.4 Å². The fraction of sp³-hybridized carbons (Fsp3) is 0.261. The molecule has 0 bridgehead atoms. The molecular weight excluding hydrogens is 526 g/mol. The first-order valence-electron chi connectivity index (χ1n) is 10.8. The van der Waals surface area contributed by atoms with Crippen LogP contribution in [0.5, 0.6) is 0 Å². The third kappa shape index (κ3) is 5.59. The maximum atomic E-state index is 14.9. The topological polar surface area (TPSA) is 83.5 Å². The molecule has 1 fully saturated rings. The molecule has 196 valence electrons. The van der Waals surface area contributed by atoms with Crippen LogP contribution in [-0.4, -0.2) is 46.3 Å². The average Bonchev–Trinajstić information content (AvgIpc) is 3.36. The lowest BCUT2D eigenvalue weighted by atomic mass is 10.0. The number of carbonyl (C=O) groups excluding carboxylic acids is 1. The normalized spacial score (nSPS) is 16.6. The molecule has 7 nitrogen and oxygen atoms in total. The fourth-order valence-corrected chi connectivity index (χ4v) is 5.56. The minimum absolute atomic E-state index is 0.0189. The molecule has 2 aromatic carbocycles. The summed E-state index contributed by atoms with van der Waals surface area (Å²) in [7, 11) is -4.24. The van der Waals surface area contributed by atoms with Crippen LogP contribution in [0.1, 0.15) is 24.2 Å². The average molecular weight is 544 g/mol. The van der Waals surface area contributed by atoms with Gasteiger partial charge >= 0.3 is 6.18 Å². The summed E-state index contributed by atoms with van der Waals surface area (Å²) in [5.74, 6) is -4.13. The van der Waals surface area contributed by atoms with E-state index in [1.807, 2.05) is 0 Å². The molecule has 0 radical (unpaired) electrons. The van der Waals surface area contributed by atoms with Gasteiger partial charge in [0.25, 0.3) is 5.91 Å². The van der Waals surface area contributed by atoms with E-state index in [-0.39, 0.29) is 46.1 Å². The van der Waals surface area contributed by atoms with Gasteiger partial charge in [-0.3, -0.25) is 4.79 Å². The lowest BCUT2D eigenvalue weighted by Gasteiger charge is -2.25. The van der Waals surface area contributed by atoms with Crippen LogP contribution in [0.15, 0.2) is 59.8 Å². The summed E-state index contributed by atoms with van der Waals surface area (Å²) in [5.41, 5.74) is -0.0371. The number of benzene rings is 2. The summed E-state index contributed by atoms with van der Waals surface area (Å²) < 4.78 is 107. The van der Waals surface area contributed by atoms with Crippen molar-refractivity contribution in [1.29, 1.82) is 0 Å². The molecule has 3 aromatic rings. The Kier molecular flexibility index (Phi) is 7.24. The highest BCUT2D eigenvalue weighted by molar-refractivity contribution is 7.89. The van der Waals surface area contributed by atoms with E-state index in [0.717, 1.165) is 53.1 Å². The number of hydrogen-bond acceptors (Lipinski definition) is 5. The molecule has 4 rings (SSSR count). The van der Waals surface area contributed by atoms with Crippen molar-refractivity contribution in [2.75, 3.05) is 6.54 Å². The van der Waals surface area contributed by atoms with Crippen LogP contribution < -0.4 is 0 Å². The van der Waals surface area contributed by atoms with E-state index >= 15 is 0 Å². The molecule has 0 saturated carbocycles. The van der Waals surface area contributed by atoms with Gasteiger partial charge in [0.15, 0.2) is 0 Å². The van der Waals surface area contributed by atoms with Crippen LogP contribution in [0.2, 0.25) is 0 Å². The van der Waals surface area contributed by atoms with Gasteiger partial charge < -0.3 is 0 Å². The van der Waals surface area contributed by atoms with Gasteiger partial charge in [0, 0.05) is 30.1 Å². The maximum absolute atomic E-state index is 14.9. The second-order valence-electron chi connectivity index (χ2n) is 8.19. The Hall–Kier alpha value is -3.52. The fourth-order valence-electron chi connectivity index (χ4n) is 3.90. The monoisotopic (exact) mass is 544 g/mol. The highest BCUT2D eigenvalue weighted by atomic mass is 32.2. The van der Waals surface area contributed by atoms with E-state index in [1.54, 1.807) is 0 Å². The molecular formula is C23H18F6N4O3S. The summed E-state index contributed by atoms with van der Waals surface area (Å²) >= 11 is 0. The Morgan fingerprint density at radius 3 is 2.30 bits per heavy atom.